The summed E-state index contributed by atoms with van der Waals surface area (Å²) in [5.41, 5.74) is 0.0513. The van der Waals surface area contributed by atoms with E-state index in [4.69, 9.17) is 5.11 Å². The molecular formula is C12H24N2O3. The molecule has 0 bridgehead atoms. The molecule has 0 saturated heterocycles. The monoisotopic (exact) mass is 244 g/mol. The van der Waals surface area contributed by atoms with Crippen LogP contribution in [0.1, 0.15) is 46.5 Å². The molecule has 2 amide bonds. The highest BCUT2D eigenvalue weighted by Crippen LogP contribution is 2.22. The third-order valence-corrected chi connectivity index (χ3v) is 2.58. The van der Waals surface area contributed by atoms with Crippen LogP contribution in [0.25, 0.3) is 0 Å². The van der Waals surface area contributed by atoms with E-state index in [1.807, 2.05) is 0 Å². The fourth-order valence-corrected chi connectivity index (χ4v) is 1.48. The zero-order chi connectivity index (χ0) is 13.3. The minimum absolute atomic E-state index is 0.0513. The summed E-state index contributed by atoms with van der Waals surface area (Å²) < 4.78 is 0. The molecule has 0 radical (unpaired) electrons. The lowest BCUT2D eigenvalue weighted by Gasteiger charge is -2.24. The molecule has 0 aromatic rings. The molecule has 0 saturated carbocycles. The number of nitrogens with one attached hydrogen (secondary N) is 2. The van der Waals surface area contributed by atoms with Crippen molar-refractivity contribution in [3.8, 4) is 0 Å². The Morgan fingerprint density at radius 2 is 1.82 bits per heavy atom. The van der Waals surface area contributed by atoms with E-state index in [0.717, 1.165) is 12.8 Å². The molecule has 0 fully saturated rings. The molecule has 0 rings (SSSR count). The SMILES string of the molecule is CCCCCC(C)(C)CNC(=O)NCC(=O)O. The average molecular weight is 244 g/mol. The summed E-state index contributed by atoms with van der Waals surface area (Å²) in [6, 6.07) is -0.420. The van der Waals surface area contributed by atoms with Crippen molar-refractivity contribution in [1.82, 2.24) is 10.6 Å². The summed E-state index contributed by atoms with van der Waals surface area (Å²) in [6.45, 7) is 6.56. The van der Waals surface area contributed by atoms with Crippen LogP contribution in [0.4, 0.5) is 4.79 Å². The first kappa shape index (κ1) is 15.7. The van der Waals surface area contributed by atoms with Gasteiger partial charge in [-0.3, -0.25) is 4.79 Å². The summed E-state index contributed by atoms with van der Waals surface area (Å²) in [7, 11) is 0. The van der Waals surface area contributed by atoms with Crippen molar-refractivity contribution in [3.63, 3.8) is 0 Å². The van der Waals surface area contributed by atoms with E-state index >= 15 is 0 Å². The van der Waals surface area contributed by atoms with E-state index in [2.05, 4.69) is 31.4 Å². The number of hydrogen-bond acceptors (Lipinski definition) is 2. The molecule has 17 heavy (non-hydrogen) atoms. The molecule has 0 aromatic carbocycles. The number of carbonyl (C=O) groups is 2. The number of unbranched alkanes of at least 4 members (excludes halogenated alkanes) is 2. The Bertz CT molecular complexity index is 252. The normalized spacial score (nSPS) is 11.0. The van der Waals surface area contributed by atoms with Gasteiger partial charge in [-0.1, -0.05) is 40.0 Å². The predicted molar refractivity (Wildman–Crippen MR) is 67.0 cm³/mol. The zero-order valence-corrected chi connectivity index (χ0v) is 11.0. The molecule has 100 valence electrons. The third kappa shape index (κ3) is 9.66. The van der Waals surface area contributed by atoms with Crippen LogP contribution >= 0.6 is 0 Å². The van der Waals surface area contributed by atoms with Crippen molar-refractivity contribution in [2.45, 2.75) is 46.5 Å². The highest BCUT2D eigenvalue weighted by molar-refractivity contribution is 5.79. The van der Waals surface area contributed by atoms with Gasteiger partial charge in [0.1, 0.15) is 6.54 Å². The number of carboxylic acids is 1. The molecule has 0 spiro atoms. The van der Waals surface area contributed by atoms with E-state index in [-0.39, 0.29) is 12.0 Å². The zero-order valence-electron chi connectivity index (χ0n) is 11.0. The van der Waals surface area contributed by atoms with Crippen molar-refractivity contribution in [1.29, 1.82) is 0 Å². The second kappa shape index (κ2) is 7.92. The first-order valence-electron chi connectivity index (χ1n) is 6.11. The Labute approximate surface area is 103 Å². The lowest BCUT2D eigenvalue weighted by molar-refractivity contribution is -0.135. The van der Waals surface area contributed by atoms with Gasteiger partial charge in [0.25, 0.3) is 0 Å². The van der Waals surface area contributed by atoms with Crippen LogP contribution < -0.4 is 10.6 Å². The lowest BCUT2D eigenvalue weighted by Crippen LogP contribution is -2.42. The summed E-state index contributed by atoms with van der Waals surface area (Å²) in [5, 5.41) is 13.4. The van der Waals surface area contributed by atoms with Crippen LogP contribution in [0.15, 0.2) is 0 Å². The van der Waals surface area contributed by atoms with Crippen LogP contribution in [-0.4, -0.2) is 30.2 Å². The van der Waals surface area contributed by atoms with Crippen molar-refractivity contribution < 1.29 is 14.7 Å². The number of amides is 2. The van der Waals surface area contributed by atoms with Gasteiger partial charge in [-0.25, -0.2) is 4.79 Å². The number of aliphatic carboxylic acids is 1. The summed E-state index contributed by atoms with van der Waals surface area (Å²) >= 11 is 0. The summed E-state index contributed by atoms with van der Waals surface area (Å²) in [5.74, 6) is -1.04. The van der Waals surface area contributed by atoms with E-state index in [1.54, 1.807) is 0 Å². The van der Waals surface area contributed by atoms with Gasteiger partial charge in [-0.2, -0.15) is 0 Å². The van der Waals surface area contributed by atoms with Crippen molar-refractivity contribution in [2.75, 3.05) is 13.1 Å². The van der Waals surface area contributed by atoms with Gasteiger partial charge >= 0.3 is 12.0 Å². The molecular weight excluding hydrogens is 220 g/mol. The maximum atomic E-state index is 11.2. The number of hydrogen-bond donors (Lipinski definition) is 3. The van der Waals surface area contributed by atoms with Crippen LogP contribution in [0.3, 0.4) is 0 Å². The minimum Gasteiger partial charge on any atom is -0.480 e. The third-order valence-electron chi connectivity index (χ3n) is 2.58. The second-order valence-corrected chi connectivity index (χ2v) is 5.05. The predicted octanol–water partition coefficient (Wildman–Crippen LogP) is 1.98. The second-order valence-electron chi connectivity index (χ2n) is 5.05. The maximum absolute atomic E-state index is 11.2. The molecule has 0 aliphatic carbocycles. The van der Waals surface area contributed by atoms with Crippen molar-refractivity contribution >= 4 is 12.0 Å². The van der Waals surface area contributed by atoms with Gasteiger partial charge in [0.2, 0.25) is 0 Å². The summed E-state index contributed by atoms with van der Waals surface area (Å²) in [4.78, 5) is 21.5. The molecule has 5 nitrogen and oxygen atoms in total. The van der Waals surface area contributed by atoms with E-state index in [0.29, 0.717) is 6.54 Å². The number of carbonyl (C=O) groups excluding carboxylic acids is 1. The number of rotatable bonds is 8. The molecule has 3 N–H and O–H groups in total. The van der Waals surface area contributed by atoms with Crippen LogP contribution in [0, 0.1) is 5.41 Å². The quantitative estimate of drug-likeness (QED) is 0.571. The van der Waals surface area contributed by atoms with Gasteiger partial charge in [0.05, 0.1) is 0 Å². The molecule has 0 unspecified atom stereocenters. The Morgan fingerprint density at radius 3 is 2.35 bits per heavy atom. The van der Waals surface area contributed by atoms with E-state index < -0.39 is 12.0 Å². The topological polar surface area (TPSA) is 78.4 Å². The van der Waals surface area contributed by atoms with Gasteiger partial charge in [-0.15, -0.1) is 0 Å². The lowest BCUT2D eigenvalue weighted by atomic mass is 9.87. The van der Waals surface area contributed by atoms with Crippen molar-refractivity contribution in [3.05, 3.63) is 0 Å². The average Bonchev–Trinajstić information content (AvgIpc) is 2.24. The molecule has 0 aliphatic heterocycles. The number of urea groups is 1. The fraction of sp³-hybridized carbons (Fsp3) is 0.833. The molecule has 0 atom stereocenters. The Morgan fingerprint density at radius 1 is 1.18 bits per heavy atom. The standard InChI is InChI=1S/C12H24N2O3/c1-4-5-6-7-12(2,3)9-14-11(17)13-8-10(15)16/h4-9H2,1-3H3,(H,15,16)(H2,13,14,17). The minimum atomic E-state index is -1.04. The van der Waals surface area contributed by atoms with Crippen LogP contribution in [0.2, 0.25) is 0 Å². The Kier molecular flexibility index (Phi) is 7.34. The van der Waals surface area contributed by atoms with Gasteiger partial charge in [0.15, 0.2) is 0 Å². The van der Waals surface area contributed by atoms with E-state index in [9.17, 15) is 9.59 Å². The van der Waals surface area contributed by atoms with Crippen molar-refractivity contribution in [2.24, 2.45) is 5.41 Å². The van der Waals surface area contributed by atoms with Gasteiger partial charge in [-0.05, 0) is 11.8 Å². The largest absolute Gasteiger partial charge is 0.480 e. The summed E-state index contributed by atoms with van der Waals surface area (Å²) in [6.07, 6.45) is 4.60. The van der Waals surface area contributed by atoms with E-state index in [1.165, 1.54) is 12.8 Å². The molecule has 0 heterocycles. The van der Waals surface area contributed by atoms with Crippen LogP contribution in [0.5, 0.6) is 0 Å². The Hall–Kier alpha value is -1.26. The smallest absolute Gasteiger partial charge is 0.323 e. The number of carboxylic acid groups (broad SMARTS) is 1. The molecule has 5 heteroatoms. The fourth-order valence-electron chi connectivity index (χ4n) is 1.48. The van der Waals surface area contributed by atoms with Gasteiger partial charge < -0.3 is 15.7 Å². The molecule has 0 aromatic heterocycles. The Balaban J connectivity index is 3.76. The first-order valence-corrected chi connectivity index (χ1v) is 6.11. The van der Waals surface area contributed by atoms with Crippen LogP contribution in [-0.2, 0) is 4.79 Å². The highest BCUT2D eigenvalue weighted by Gasteiger charge is 2.18. The maximum Gasteiger partial charge on any atom is 0.323 e. The molecule has 0 aliphatic rings. The highest BCUT2D eigenvalue weighted by atomic mass is 16.4. The first-order chi connectivity index (χ1) is 7.87. The van der Waals surface area contributed by atoms with Gasteiger partial charge in [0, 0.05) is 6.54 Å².